The van der Waals surface area contributed by atoms with Crippen molar-refractivity contribution >= 4 is 39.0 Å². The minimum atomic E-state index is 0.365. The van der Waals surface area contributed by atoms with Crippen LogP contribution in [0.4, 0.5) is 0 Å². The average molecular weight is 369 g/mol. The Labute approximate surface area is 136 Å². The summed E-state index contributed by atoms with van der Waals surface area (Å²) < 4.78 is 1.03. The van der Waals surface area contributed by atoms with E-state index in [9.17, 15) is 0 Å². The summed E-state index contributed by atoms with van der Waals surface area (Å²) in [5.41, 5.74) is 2.68. The lowest BCUT2D eigenvalue weighted by Crippen LogP contribution is -2.18. The van der Waals surface area contributed by atoms with Crippen molar-refractivity contribution in [3.8, 4) is 0 Å². The van der Waals surface area contributed by atoms with Crippen molar-refractivity contribution in [2.45, 2.75) is 24.6 Å². The summed E-state index contributed by atoms with van der Waals surface area (Å²) >= 11 is 7.46. The first-order chi connectivity index (χ1) is 9.76. The lowest BCUT2D eigenvalue weighted by atomic mass is 10.1. The molecule has 5 heteroatoms. The Kier molecular flexibility index (Phi) is 4.81. The minimum absolute atomic E-state index is 0.365. The topological polar surface area (TPSA) is 24.9 Å². The molecule has 2 aromatic heterocycles. The molecule has 0 saturated carbocycles. The van der Waals surface area contributed by atoms with Gasteiger partial charge in [0.15, 0.2) is 0 Å². The third-order valence-electron chi connectivity index (χ3n) is 3.54. The van der Waals surface area contributed by atoms with E-state index in [-0.39, 0.29) is 0 Å². The Morgan fingerprint density at radius 2 is 2.35 bits per heavy atom. The standard InChI is InChI=1S/C15H17BrN2S2/c1-17-13(7-12-3-2-11(16)8-18-12)15-6-10-9-19-5-4-14(10)20-15/h2-3,6,8,13,17H,4-5,7,9H2,1H3. The molecular weight excluding hydrogens is 352 g/mol. The first kappa shape index (κ1) is 14.6. The van der Waals surface area contributed by atoms with Crippen molar-refractivity contribution in [1.82, 2.24) is 10.3 Å². The van der Waals surface area contributed by atoms with Gasteiger partial charge in [0.05, 0.1) is 0 Å². The van der Waals surface area contributed by atoms with Crippen LogP contribution in [0, 0.1) is 0 Å². The summed E-state index contributed by atoms with van der Waals surface area (Å²) in [6.45, 7) is 0. The van der Waals surface area contributed by atoms with E-state index in [1.807, 2.05) is 36.3 Å². The molecule has 3 rings (SSSR count). The average Bonchev–Trinajstić information content (AvgIpc) is 2.90. The fraction of sp³-hybridized carbons (Fsp3) is 0.400. The van der Waals surface area contributed by atoms with E-state index in [1.165, 1.54) is 22.8 Å². The Balaban J connectivity index is 1.79. The van der Waals surface area contributed by atoms with Crippen molar-refractivity contribution in [3.05, 3.63) is 49.9 Å². The number of thioether (sulfide) groups is 1. The van der Waals surface area contributed by atoms with Crippen LogP contribution in [-0.2, 0) is 18.6 Å². The largest absolute Gasteiger partial charge is 0.312 e. The van der Waals surface area contributed by atoms with Crippen molar-refractivity contribution in [3.63, 3.8) is 0 Å². The van der Waals surface area contributed by atoms with Gasteiger partial charge in [-0.2, -0.15) is 11.8 Å². The molecule has 0 fully saturated rings. The smallest absolute Gasteiger partial charge is 0.0468 e. The lowest BCUT2D eigenvalue weighted by molar-refractivity contribution is 0.594. The normalized spacial score (nSPS) is 15.9. The zero-order valence-electron chi connectivity index (χ0n) is 11.4. The van der Waals surface area contributed by atoms with Crippen LogP contribution in [0.1, 0.15) is 27.1 Å². The monoisotopic (exact) mass is 368 g/mol. The number of aromatic nitrogens is 1. The summed E-state index contributed by atoms with van der Waals surface area (Å²) in [7, 11) is 2.04. The number of aryl methyl sites for hydroxylation is 1. The number of pyridine rings is 1. The number of fused-ring (bicyclic) bond motifs is 1. The summed E-state index contributed by atoms with van der Waals surface area (Å²) in [6, 6.07) is 6.92. The quantitative estimate of drug-likeness (QED) is 0.875. The van der Waals surface area contributed by atoms with E-state index in [2.05, 4.69) is 44.4 Å². The van der Waals surface area contributed by atoms with E-state index in [0.717, 1.165) is 16.6 Å². The van der Waals surface area contributed by atoms with Crippen molar-refractivity contribution in [2.75, 3.05) is 12.8 Å². The predicted octanol–water partition coefficient (Wildman–Crippen LogP) is 4.20. The maximum Gasteiger partial charge on any atom is 0.0468 e. The third-order valence-corrected chi connectivity index (χ3v) is 6.37. The first-order valence-electron chi connectivity index (χ1n) is 6.73. The van der Waals surface area contributed by atoms with Crippen LogP contribution in [0.15, 0.2) is 28.9 Å². The van der Waals surface area contributed by atoms with Gasteiger partial charge in [-0.15, -0.1) is 11.3 Å². The molecule has 0 aliphatic carbocycles. The highest BCUT2D eigenvalue weighted by Gasteiger charge is 2.19. The van der Waals surface area contributed by atoms with Crippen molar-refractivity contribution < 1.29 is 0 Å². The fourth-order valence-corrected chi connectivity index (χ4v) is 5.14. The van der Waals surface area contributed by atoms with Gasteiger partial charge in [-0.1, -0.05) is 0 Å². The molecular formula is C15H17BrN2S2. The maximum atomic E-state index is 4.49. The Bertz CT molecular complexity index is 557. The molecule has 2 aromatic rings. The SMILES string of the molecule is CNC(Cc1ccc(Br)cn1)c1cc2c(s1)CCSC2. The van der Waals surface area contributed by atoms with E-state index in [0.29, 0.717) is 6.04 Å². The van der Waals surface area contributed by atoms with Crippen LogP contribution in [-0.4, -0.2) is 17.8 Å². The Hall–Kier alpha value is -0.360. The molecule has 1 unspecified atom stereocenters. The van der Waals surface area contributed by atoms with Gasteiger partial charge in [0.25, 0.3) is 0 Å². The second-order valence-electron chi connectivity index (χ2n) is 4.91. The Morgan fingerprint density at radius 1 is 1.45 bits per heavy atom. The van der Waals surface area contributed by atoms with Gasteiger partial charge in [0.1, 0.15) is 0 Å². The number of hydrogen-bond acceptors (Lipinski definition) is 4. The zero-order chi connectivity index (χ0) is 13.9. The number of halogens is 1. The number of nitrogens with one attached hydrogen (secondary N) is 1. The third kappa shape index (κ3) is 3.27. The van der Waals surface area contributed by atoms with Crippen LogP contribution in [0.3, 0.4) is 0 Å². The highest BCUT2D eigenvalue weighted by atomic mass is 79.9. The number of likely N-dealkylation sites (N-methyl/N-ethyl adjacent to an activating group) is 1. The van der Waals surface area contributed by atoms with Gasteiger partial charge in [-0.25, -0.2) is 0 Å². The van der Waals surface area contributed by atoms with Gasteiger partial charge >= 0.3 is 0 Å². The number of thiophene rings is 1. The van der Waals surface area contributed by atoms with E-state index in [1.54, 1.807) is 10.4 Å². The number of rotatable bonds is 4. The molecule has 0 amide bonds. The van der Waals surface area contributed by atoms with Gasteiger partial charge in [0, 0.05) is 44.3 Å². The van der Waals surface area contributed by atoms with E-state index < -0.39 is 0 Å². The zero-order valence-corrected chi connectivity index (χ0v) is 14.6. The van der Waals surface area contributed by atoms with E-state index in [4.69, 9.17) is 0 Å². The molecule has 2 nitrogen and oxygen atoms in total. The summed E-state index contributed by atoms with van der Waals surface area (Å²) in [5.74, 6) is 2.45. The first-order valence-corrected chi connectivity index (χ1v) is 9.49. The summed E-state index contributed by atoms with van der Waals surface area (Å²) in [5, 5.41) is 3.44. The number of nitrogens with zero attached hydrogens (tertiary/aromatic N) is 1. The van der Waals surface area contributed by atoms with Crippen LogP contribution >= 0.6 is 39.0 Å². The van der Waals surface area contributed by atoms with Crippen LogP contribution in [0.5, 0.6) is 0 Å². The molecule has 0 spiro atoms. The van der Waals surface area contributed by atoms with Crippen LogP contribution in [0.25, 0.3) is 0 Å². The molecule has 1 aliphatic rings. The molecule has 106 valence electrons. The van der Waals surface area contributed by atoms with Gasteiger partial charge < -0.3 is 5.32 Å². The van der Waals surface area contributed by atoms with Crippen LogP contribution < -0.4 is 5.32 Å². The molecule has 1 N–H and O–H groups in total. The Morgan fingerprint density at radius 3 is 3.05 bits per heavy atom. The minimum Gasteiger partial charge on any atom is -0.312 e. The highest BCUT2D eigenvalue weighted by molar-refractivity contribution is 9.10. The second-order valence-corrected chi connectivity index (χ2v) is 8.10. The molecule has 1 atom stereocenters. The van der Waals surface area contributed by atoms with Crippen LogP contribution in [0.2, 0.25) is 0 Å². The predicted molar refractivity (Wildman–Crippen MR) is 91.6 cm³/mol. The molecule has 3 heterocycles. The molecule has 1 aliphatic heterocycles. The van der Waals surface area contributed by atoms with Gasteiger partial charge in [-0.3, -0.25) is 4.98 Å². The molecule has 0 bridgehead atoms. The molecule has 0 radical (unpaired) electrons. The maximum absolute atomic E-state index is 4.49. The fourth-order valence-electron chi connectivity index (χ4n) is 2.42. The van der Waals surface area contributed by atoms with Crippen molar-refractivity contribution in [2.24, 2.45) is 0 Å². The highest BCUT2D eigenvalue weighted by Crippen LogP contribution is 2.35. The molecule has 20 heavy (non-hydrogen) atoms. The second kappa shape index (κ2) is 6.60. The molecule has 0 saturated heterocycles. The van der Waals surface area contributed by atoms with Gasteiger partial charge in [0.2, 0.25) is 0 Å². The summed E-state index contributed by atoms with van der Waals surface area (Å²) in [6.07, 6.45) is 4.05. The summed E-state index contributed by atoms with van der Waals surface area (Å²) in [4.78, 5) is 7.52. The van der Waals surface area contributed by atoms with E-state index >= 15 is 0 Å². The van der Waals surface area contributed by atoms with Crippen molar-refractivity contribution in [1.29, 1.82) is 0 Å². The van der Waals surface area contributed by atoms with Gasteiger partial charge in [-0.05, 0) is 58.9 Å². The molecule has 0 aromatic carbocycles. The lowest BCUT2D eigenvalue weighted by Gasteiger charge is -2.14. The number of hydrogen-bond donors (Lipinski definition) is 1.